The second kappa shape index (κ2) is 9.37. The number of nitrogens with two attached hydrogens (primary N) is 1. The summed E-state index contributed by atoms with van der Waals surface area (Å²) < 4.78 is 0. The second-order valence-electron chi connectivity index (χ2n) is 7.29. The number of primary amides is 1. The number of hydrogen-bond acceptors (Lipinski definition) is 3. The van der Waals surface area contributed by atoms with Gasteiger partial charge in [-0.3, -0.25) is 4.79 Å². The molecule has 0 saturated carbocycles. The summed E-state index contributed by atoms with van der Waals surface area (Å²) in [5.41, 5.74) is 8.43. The number of benzene rings is 2. The number of carbonyl (C=O) groups is 2. The molecule has 148 valence electrons. The van der Waals surface area contributed by atoms with E-state index >= 15 is 0 Å². The van der Waals surface area contributed by atoms with Crippen molar-refractivity contribution in [1.82, 2.24) is 10.2 Å². The molecule has 0 spiro atoms. The van der Waals surface area contributed by atoms with Gasteiger partial charge in [-0.05, 0) is 49.4 Å². The molecule has 2 aromatic rings. The minimum atomic E-state index is -0.496. The largest absolute Gasteiger partial charge is 0.366 e. The van der Waals surface area contributed by atoms with Crippen LogP contribution in [0.5, 0.6) is 0 Å². The monoisotopic (exact) mass is 380 g/mol. The van der Waals surface area contributed by atoms with Gasteiger partial charge in [0.05, 0.1) is 0 Å². The number of piperidine rings is 1. The van der Waals surface area contributed by atoms with Crippen LogP contribution in [0.2, 0.25) is 0 Å². The van der Waals surface area contributed by atoms with E-state index in [1.54, 1.807) is 25.1 Å². The average Bonchev–Trinajstić information content (AvgIpc) is 2.69. The molecule has 0 unspecified atom stereocenters. The second-order valence-corrected chi connectivity index (χ2v) is 7.29. The molecule has 6 nitrogen and oxygen atoms in total. The van der Waals surface area contributed by atoms with E-state index in [2.05, 4.69) is 39.8 Å². The third-order valence-electron chi connectivity index (χ3n) is 5.33. The zero-order valence-corrected chi connectivity index (χ0v) is 16.3. The maximum absolute atomic E-state index is 12.4. The van der Waals surface area contributed by atoms with Crippen molar-refractivity contribution >= 4 is 17.6 Å². The van der Waals surface area contributed by atoms with E-state index in [0.29, 0.717) is 16.8 Å². The number of likely N-dealkylation sites (tertiary alicyclic amines) is 1. The number of rotatable bonds is 6. The first-order chi connectivity index (χ1) is 13.5. The fourth-order valence-corrected chi connectivity index (χ4v) is 3.61. The van der Waals surface area contributed by atoms with Gasteiger partial charge in [0.25, 0.3) is 0 Å². The molecule has 0 aromatic heterocycles. The molecule has 1 aliphatic heterocycles. The van der Waals surface area contributed by atoms with Crippen molar-refractivity contribution in [1.29, 1.82) is 0 Å². The SMILES string of the molecule is Cc1c(NC(=O)NC2CCN(CCc3ccccc3)CC2)cccc1C(N)=O. The number of carbonyl (C=O) groups excluding carboxylic acids is 2. The quantitative estimate of drug-likeness (QED) is 0.720. The number of anilines is 1. The van der Waals surface area contributed by atoms with Gasteiger partial charge in [0.1, 0.15) is 0 Å². The predicted molar refractivity (Wildman–Crippen MR) is 111 cm³/mol. The molecule has 0 aliphatic carbocycles. The first-order valence-corrected chi connectivity index (χ1v) is 9.76. The highest BCUT2D eigenvalue weighted by molar-refractivity contribution is 5.98. The van der Waals surface area contributed by atoms with Gasteiger partial charge in [0.2, 0.25) is 5.91 Å². The number of nitrogens with one attached hydrogen (secondary N) is 2. The standard InChI is InChI=1S/C22H28N4O2/c1-16-19(21(23)27)8-5-9-20(16)25-22(28)24-18-11-14-26(15-12-18)13-10-17-6-3-2-4-7-17/h2-9,18H,10-15H2,1H3,(H2,23,27)(H2,24,25,28). The molecular formula is C22H28N4O2. The van der Waals surface area contributed by atoms with Crippen LogP contribution >= 0.6 is 0 Å². The highest BCUT2D eigenvalue weighted by Gasteiger charge is 2.21. The Labute approximate surface area is 166 Å². The lowest BCUT2D eigenvalue weighted by Crippen LogP contribution is -2.46. The van der Waals surface area contributed by atoms with Gasteiger partial charge in [-0.2, -0.15) is 0 Å². The third-order valence-corrected chi connectivity index (χ3v) is 5.33. The minimum absolute atomic E-state index is 0.160. The molecule has 4 N–H and O–H groups in total. The molecule has 0 bridgehead atoms. The molecule has 3 amide bonds. The smallest absolute Gasteiger partial charge is 0.319 e. The van der Waals surface area contributed by atoms with Gasteiger partial charge in [-0.15, -0.1) is 0 Å². The molecular weight excluding hydrogens is 352 g/mol. The third kappa shape index (κ3) is 5.33. The van der Waals surface area contributed by atoms with Gasteiger partial charge in [-0.25, -0.2) is 4.79 Å². The first-order valence-electron chi connectivity index (χ1n) is 9.76. The molecule has 28 heavy (non-hydrogen) atoms. The van der Waals surface area contributed by atoms with Crippen LogP contribution in [-0.2, 0) is 6.42 Å². The summed E-state index contributed by atoms with van der Waals surface area (Å²) in [5, 5.41) is 5.88. The van der Waals surface area contributed by atoms with Gasteiger partial charge in [-0.1, -0.05) is 36.4 Å². The zero-order valence-electron chi connectivity index (χ0n) is 16.3. The summed E-state index contributed by atoms with van der Waals surface area (Å²) in [4.78, 5) is 26.2. The van der Waals surface area contributed by atoms with E-state index in [1.807, 2.05) is 6.07 Å². The molecule has 1 saturated heterocycles. The molecule has 0 radical (unpaired) electrons. The van der Waals surface area contributed by atoms with Gasteiger partial charge >= 0.3 is 6.03 Å². The Hall–Kier alpha value is -2.86. The molecule has 1 aliphatic rings. The van der Waals surface area contributed by atoms with E-state index in [0.717, 1.165) is 38.9 Å². The Bertz CT molecular complexity index is 815. The van der Waals surface area contributed by atoms with Gasteiger partial charge in [0, 0.05) is 36.9 Å². The fourth-order valence-electron chi connectivity index (χ4n) is 3.61. The Balaban J connectivity index is 1.44. The molecule has 1 heterocycles. The highest BCUT2D eigenvalue weighted by atomic mass is 16.2. The summed E-state index contributed by atoms with van der Waals surface area (Å²) in [6.45, 7) is 4.78. The lowest BCUT2D eigenvalue weighted by atomic mass is 10.0. The van der Waals surface area contributed by atoms with Crippen LogP contribution in [0.25, 0.3) is 0 Å². The van der Waals surface area contributed by atoms with Crippen LogP contribution in [0.3, 0.4) is 0 Å². The lowest BCUT2D eigenvalue weighted by Gasteiger charge is -2.32. The molecule has 6 heteroatoms. The van der Waals surface area contributed by atoms with E-state index < -0.39 is 5.91 Å². The van der Waals surface area contributed by atoms with Crippen LogP contribution in [0, 0.1) is 6.92 Å². The number of amides is 3. The minimum Gasteiger partial charge on any atom is -0.366 e. The van der Waals surface area contributed by atoms with E-state index in [9.17, 15) is 9.59 Å². The van der Waals surface area contributed by atoms with E-state index in [-0.39, 0.29) is 12.1 Å². The van der Waals surface area contributed by atoms with E-state index in [1.165, 1.54) is 5.56 Å². The molecule has 0 atom stereocenters. The van der Waals surface area contributed by atoms with Gasteiger partial charge in [0.15, 0.2) is 0 Å². The van der Waals surface area contributed by atoms with Crippen molar-refractivity contribution in [2.24, 2.45) is 5.73 Å². The molecule has 1 fully saturated rings. The first kappa shape index (κ1) is 19.9. The van der Waals surface area contributed by atoms with Crippen molar-refractivity contribution in [3.05, 3.63) is 65.2 Å². The summed E-state index contributed by atoms with van der Waals surface area (Å²) in [6, 6.07) is 15.6. The van der Waals surface area contributed by atoms with E-state index in [4.69, 9.17) is 5.73 Å². The van der Waals surface area contributed by atoms with Crippen LogP contribution in [0.15, 0.2) is 48.5 Å². The normalized spacial score (nSPS) is 15.2. The summed E-state index contributed by atoms with van der Waals surface area (Å²) in [5.74, 6) is -0.496. The maximum Gasteiger partial charge on any atom is 0.319 e. The van der Waals surface area contributed by atoms with Crippen LogP contribution in [0.1, 0.15) is 34.3 Å². The van der Waals surface area contributed by atoms with Crippen molar-refractivity contribution in [2.75, 3.05) is 25.0 Å². The number of nitrogens with zero attached hydrogens (tertiary/aromatic N) is 1. The maximum atomic E-state index is 12.4. The average molecular weight is 380 g/mol. The Morgan fingerprint density at radius 3 is 2.46 bits per heavy atom. The van der Waals surface area contributed by atoms with Crippen molar-refractivity contribution < 1.29 is 9.59 Å². The van der Waals surface area contributed by atoms with Crippen molar-refractivity contribution in [3.63, 3.8) is 0 Å². The lowest BCUT2D eigenvalue weighted by molar-refractivity contribution is 0.0999. The predicted octanol–water partition coefficient (Wildman–Crippen LogP) is 2.92. The van der Waals surface area contributed by atoms with Crippen molar-refractivity contribution in [2.45, 2.75) is 32.2 Å². The van der Waals surface area contributed by atoms with Crippen molar-refractivity contribution in [3.8, 4) is 0 Å². The zero-order chi connectivity index (χ0) is 19.9. The molecule has 2 aromatic carbocycles. The Kier molecular flexibility index (Phi) is 6.66. The van der Waals surface area contributed by atoms with Gasteiger partial charge < -0.3 is 21.3 Å². The topological polar surface area (TPSA) is 87.5 Å². The number of hydrogen-bond donors (Lipinski definition) is 3. The summed E-state index contributed by atoms with van der Waals surface area (Å²) in [7, 11) is 0. The number of urea groups is 1. The Morgan fingerprint density at radius 1 is 1.07 bits per heavy atom. The summed E-state index contributed by atoms with van der Waals surface area (Å²) in [6.07, 6.45) is 2.92. The van der Waals surface area contributed by atoms with Crippen LogP contribution in [-0.4, -0.2) is 42.5 Å². The van der Waals surface area contributed by atoms with Crippen LogP contribution < -0.4 is 16.4 Å². The van der Waals surface area contributed by atoms with Crippen LogP contribution in [0.4, 0.5) is 10.5 Å². The Morgan fingerprint density at radius 2 is 1.79 bits per heavy atom. The molecule has 3 rings (SSSR count). The highest BCUT2D eigenvalue weighted by Crippen LogP contribution is 2.19. The summed E-state index contributed by atoms with van der Waals surface area (Å²) >= 11 is 0. The fraction of sp³-hybridized carbons (Fsp3) is 0.364.